The lowest BCUT2D eigenvalue weighted by Gasteiger charge is -2.18. The SMILES string of the molecule is CC(C)(C)c1ccc(-c2nc3cc(NC(=S)NC(=O)c4cccc5c(Cl)cccc45)ccc3o2)cc1. The van der Waals surface area contributed by atoms with Gasteiger partial charge in [-0.25, -0.2) is 4.98 Å². The van der Waals surface area contributed by atoms with Crippen LogP contribution in [0.3, 0.4) is 0 Å². The molecule has 1 aromatic heterocycles. The molecule has 0 saturated carbocycles. The highest BCUT2D eigenvalue weighted by molar-refractivity contribution is 7.80. The summed E-state index contributed by atoms with van der Waals surface area (Å²) in [5.74, 6) is 0.233. The number of hydrogen-bond donors (Lipinski definition) is 2. The Morgan fingerprint density at radius 1 is 0.944 bits per heavy atom. The molecule has 0 aliphatic carbocycles. The number of halogens is 1. The summed E-state index contributed by atoms with van der Waals surface area (Å²) in [6.07, 6.45) is 0. The Hall–Kier alpha value is -3.74. The molecule has 0 atom stereocenters. The van der Waals surface area contributed by atoms with Gasteiger partial charge in [-0.1, -0.05) is 68.8 Å². The summed E-state index contributed by atoms with van der Waals surface area (Å²) in [5, 5.41) is 8.15. The predicted octanol–water partition coefficient (Wildman–Crippen LogP) is 7.73. The van der Waals surface area contributed by atoms with Gasteiger partial charge in [0, 0.05) is 27.2 Å². The molecule has 0 bridgehead atoms. The fraction of sp³-hybridized carbons (Fsp3) is 0.138. The molecule has 2 N–H and O–H groups in total. The van der Waals surface area contributed by atoms with Crippen LogP contribution in [-0.2, 0) is 5.41 Å². The molecule has 36 heavy (non-hydrogen) atoms. The number of aromatic nitrogens is 1. The minimum Gasteiger partial charge on any atom is -0.436 e. The van der Waals surface area contributed by atoms with Gasteiger partial charge in [0.1, 0.15) is 5.52 Å². The Morgan fingerprint density at radius 2 is 1.67 bits per heavy atom. The Labute approximate surface area is 219 Å². The third-order valence-electron chi connectivity index (χ3n) is 5.98. The summed E-state index contributed by atoms with van der Waals surface area (Å²) in [5.41, 5.74) is 4.77. The van der Waals surface area contributed by atoms with E-state index >= 15 is 0 Å². The molecule has 0 spiro atoms. The standard InChI is InChI=1S/C29H24ClN3O2S/c1-29(2,3)18-12-10-17(11-13-18)27-32-24-16-19(14-15-25(24)35-27)31-28(36)33-26(34)22-8-4-7-21-20(22)6-5-9-23(21)30/h4-16H,1-3H3,(H2,31,33,34,36). The average molecular weight is 514 g/mol. The van der Waals surface area contributed by atoms with E-state index < -0.39 is 0 Å². The highest BCUT2D eigenvalue weighted by atomic mass is 35.5. The fourth-order valence-corrected chi connectivity index (χ4v) is 4.49. The van der Waals surface area contributed by atoms with Crippen LogP contribution in [0.4, 0.5) is 5.69 Å². The third-order valence-corrected chi connectivity index (χ3v) is 6.52. The molecule has 0 fully saturated rings. The van der Waals surface area contributed by atoms with Gasteiger partial charge in [-0.3, -0.25) is 10.1 Å². The number of carbonyl (C=O) groups excluding carboxylic acids is 1. The Bertz CT molecular complexity index is 1620. The second-order valence-electron chi connectivity index (χ2n) is 9.58. The minimum absolute atomic E-state index is 0.0783. The molecule has 7 heteroatoms. The number of benzene rings is 4. The zero-order valence-corrected chi connectivity index (χ0v) is 21.6. The number of anilines is 1. The zero-order chi connectivity index (χ0) is 25.4. The van der Waals surface area contributed by atoms with Gasteiger partial charge in [0.05, 0.1) is 0 Å². The number of rotatable bonds is 3. The molecule has 1 heterocycles. The zero-order valence-electron chi connectivity index (χ0n) is 20.1. The number of fused-ring (bicyclic) bond motifs is 2. The van der Waals surface area contributed by atoms with E-state index in [1.165, 1.54) is 5.56 Å². The highest BCUT2D eigenvalue weighted by Gasteiger charge is 2.16. The quantitative estimate of drug-likeness (QED) is 0.242. The average Bonchev–Trinajstić information content (AvgIpc) is 3.27. The van der Waals surface area contributed by atoms with Crippen molar-refractivity contribution in [2.24, 2.45) is 0 Å². The maximum atomic E-state index is 12.9. The van der Waals surface area contributed by atoms with E-state index in [4.69, 9.17) is 28.2 Å². The summed E-state index contributed by atoms with van der Waals surface area (Å²) in [7, 11) is 0. The summed E-state index contributed by atoms with van der Waals surface area (Å²) in [6, 6.07) is 24.6. The molecule has 0 aliphatic heterocycles. The molecule has 4 aromatic carbocycles. The van der Waals surface area contributed by atoms with Crippen molar-refractivity contribution in [3.05, 3.63) is 95.0 Å². The van der Waals surface area contributed by atoms with Crippen molar-refractivity contribution in [1.29, 1.82) is 0 Å². The molecule has 5 nitrogen and oxygen atoms in total. The van der Waals surface area contributed by atoms with Gasteiger partial charge in [-0.15, -0.1) is 0 Å². The maximum Gasteiger partial charge on any atom is 0.258 e. The second kappa shape index (κ2) is 9.37. The van der Waals surface area contributed by atoms with Crippen molar-refractivity contribution < 1.29 is 9.21 Å². The second-order valence-corrected chi connectivity index (χ2v) is 10.4. The number of oxazole rings is 1. The van der Waals surface area contributed by atoms with Crippen LogP contribution >= 0.6 is 23.8 Å². The molecule has 0 aliphatic rings. The molecule has 5 aromatic rings. The normalized spacial score (nSPS) is 11.6. The van der Waals surface area contributed by atoms with Gasteiger partial charge >= 0.3 is 0 Å². The number of carbonyl (C=O) groups is 1. The monoisotopic (exact) mass is 513 g/mol. The molecule has 1 amide bonds. The lowest BCUT2D eigenvalue weighted by molar-refractivity contribution is 0.0979. The Morgan fingerprint density at radius 3 is 2.42 bits per heavy atom. The van der Waals surface area contributed by atoms with Crippen LogP contribution in [0.1, 0.15) is 36.7 Å². The molecule has 5 rings (SSSR count). The maximum absolute atomic E-state index is 12.9. The van der Waals surface area contributed by atoms with Crippen molar-refractivity contribution >= 4 is 62.4 Å². The number of amides is 1. The van der Waals surface area contributed by atoms with Crippen LogP contribution in [0.5, 0.6) is 0 Å². The van der Waals surface area contributed by atoms with Crippen LogP contribution in [0.15, 0.2) is 83.3 Å². The van der Waals surface area contributed by atoms with E-state index in [0.717, 1.165) is 16.3 Å². The highest BCUT2D eigenvalue weighted by Crippen LogP contribution is 2.29. The summed E-state index contributed by atoms with van der Waals surface area (Å²) in [6.45, 7) is 6.54. The van der Waals surface area contributed by atoms with Crippen molar-refractivity contribution in [1.82, 2.24) is 10.3 Å². The number of nitrogens with zero attached hydrogens (tertiary/aromatic N) is 1. The van der Waals surface area contributed by atoms with Gasteiger partial charge in [0.25, 0.3) is 5.91 Å². The summed E-state index contributed by atoms with van der Waals surface area (Å²) >= 11 is 11.7. The fourth-order valence-electron chi connectivity index (χ4n) is 4.04. The molecule has 0 unspecified atom stereocenters. The van der Waals surface area contributed by atoms with Gasteiger partial charge in [0.2, 0.25) is 5.89 Å². The van der Waals surface area contributed by atoms with Crippen LogP contribution < -0.4 is 10.6 Å². The minimum atomic E-state index is -0.316. The first-order chi connectivity index (χ1) is 17.2. The van der Waals surface area contributed by atoms with E-state index in [1.807, 2.05) is 48.5 Å². The van der Waals surface area contributed by atoms with Crippen LogP contribution in [0.25, 0.3) is 33.3 Å². The van der Waals surface area contributed by atoms with Crippen molar-refractivity contribution in [2.75, 3.05) is 5.32 Å². The van der Waals surface area contributed by atoms with E-state index in [9.17, 15) is 4.79 Å². The number of thiocarbonyl (C=S) groups is 1. The van der Waals surface area contributed by atoms with Gasteiger partial charge in [-0.2, -0.15) is 0 Å². The van der Waals surface area contributed by atoms with Crippen molar-refractivity contribution in [3.8, 4) is 11.5 Å². The van der Waals surface area contributed by atoms with E-state index in [2.05, 4.69) is 48.5 Å². The Balaban J connectivity index is 1.32. The molecule has 180 valence electrons. The first-order valence-corrected chi connectivity index (χ1v) is 12.3. The number of nitrogens with one attached hydrogen (secondary N) is 2. The van der Waals surface area contributed by atoms with E-state index in [0.29, 0.717) is 33.3 Å². The lowest BCUT2D eigenvalue weighted by atomic mass is 9.87. The van der Waals surface area contributed by atoms with Crippen LogP contribution in [0, 0.1) is 0 Å². The predicted molar refractivity (Wildman–Crippen MR) is 151 cm³/mol. The largest absolute Gasteiger partial charge is 0.436 e. The lowest BCUT2D eigenvalue weighted by Crippen LogP contribution is -2.34. The number of hydrogen-bond acceptors (Lipinski definition) is 4. The van der Waals surface area contributed by atoms with Gasteiger partial charge < -0.3 is 9.73 Å². The first-order valence-electron chi connectivity index (χ1n) is 11.5. The van der Waals surface area contributed by atoms with Gasteiger partial charge in [0.15, 0.2) is 10.7 Å². The third kappa shape index (κ3) is 4.83. The van der Waals surface area contributed by atoms with Crippen LogP contribution in [0.2, 0.25) is 5.02 Å². The van der Waals surface area contributed by atoms with E-state index in [-0.39, 0.29) is 16.4 Å². The Kier molecular flexibility index (Phi) is 6.24. The first kappa shape index (κ1) is 24.0. The molecular weight excluding hydrogens is 490 g/mol. The van der Waals surface area contributed by atoms with Crippen LogP contribution in [-0.4, -0.2) is 16.0 Å². The van der Waals surface area contributed by atoms with Gasteiger partial charge in [-0.05, 0) is 71.0 Å². The summed E-state index contributed by atoms with van der Waals surface area (Å²) < 4.78 is 5.96. The molecule has 0 radical (unpaired) electrons. The molecule has 0 saturated heterocycles. The smallest absolute Gasteiger partial charge is 0.258 e. The van der Waals surface area contributed by atoms with Crippen molar-refractivity contribution in [3.63, 3.8) is 0 Å². The summed E-state index contributed by atoms with van der Waals surface area (Å²) in [4.78, 5) is 17.6. The van der Waals surface area contributed by atoms with E-state index in [1.54, 1.807) is 18.2 Å². The van der Waals surface area contributed by atoms with Crippen molar-refractivity contribution in [2.45, 2.75) is 26.2 Å². The topological polar surface area (TPSA) is 67.2 Å². The molecular formula is C29H24ClN3O2S.